The number of carbonyl (C=O) groups excluding carboxylic acids is 1. The standard InChI is InChI=1S/C18H21ClN2O2/c1-13-5-4-6-15(11-13)23-10-9-20-18(22)16-8-7-14(21(2)3)12-17(16)19/h4-8,11-12H,9-10H2,1-3H3,(H,20,22). The van der Waals surface area contributed by atoms with Crippen molar-refractivity contribution in [2.75, 3.05) is 32.1 Å². The molecule has 0 atom stereocenters. The topological polar surface area (TPSA) is 41.6 Å². The average molecular weight is 333 g/mol. The molecule has 23 heavy (non-hydrogen) atoms. The number of aryl methyl sites for hydroxylation is 1. The number of hydrogen-bond acceptors (Lipinski definition) is 3. The van der Waals surface area contributed by atoms with Gasteiger partial charge in [-0.25, -0.2) is 0 Å². The van der Waals surface area contributed by atoms with Crippen molar-refractivity contribution < 1.29 is 9.53 Å². The molecule has 0 bridgehead atoms. The normalized spacial score (nSPS) is 10.3. The molecule has 1 amide bonds. The molecule has 0 unspecified atom stereocenters. The second-order valence-electron chi connectivity index (χ2n) is 5.48. The van der Waals surface area contributed by atoms with Gasteiger partial charge in [0.25, 0.3) is 5.91 Å². The van der Waals surface area contributed by atoms with Gasteiger partial charge in [-0.2, -0.15) is 0 Å². The molecule has 0 heterocycles. The Hall–Kier alpha value is -2.20. The molecule has 1 N–H and O–H groups in total. The maximum absolute atomic E-state index is 12.1. The molecule has 4 nitrogen and oxygen atoms in total. The van der Waals surface area contributed by atoms with Gasteiger partial charge in [-0.05, 0) is 42.8 Å². The van der Waals surface area contributed by atoms with Gasteiger partial charge in [0.1, 0.15) is 12.4 Å². The van der Waals surface area contributed by atoms with E-state index < -0.39 is 0 Å². The Kier molecular flexibility index (Phi) is 5.88. The van der Waals surface area contributed by atoms with Crippen LogP contribution in [0.2, 0.25) is 5.02 Å². The molecular formula is C18H21ClN2O2. The van der Waals surface area contributed by atoms with E-state index in [0.29, 0.717) is 23.7 Å². The minimum atomic E-state index is -0.201. The zero-order valence-corrected chi connectivity index (χ0v) is 14.4. The van der Waals surface area contributed by atoms with Crippen molar-refractivity contribution >= 4 is 23.2 Å². The molecule has 5 heteroatoms. The van der Waals surface area contributed by atoms with Gasteiger partial charge in [0, 0.05) is 19.8 Å². The lowest BCUT2D eigenvalue weighted by Gasteiger charge is -2.14. The minimum absolute atomic E-state index is 0.201. The van der Waals surface area contributed by atoms with Crippen LogP contribution in [0.25, 0.3) is 0 Å². The monoisotopic (exact) mass is 332 g/mol. The lowest BCUT2D eigenvalue weighted by atomic mass is 10.2. The van der Waals surface area contributed by atoms with Crippen LogP contribution < -0.4 is 15.0 Å². The first-order valence-corrected chi connectivity index (χ1v) is 7.79. The summed E-state index contributed by atoms with van der Waals surface area (Å²) in [5.74, 6) is 0.598. The second-order valence-corrected chi connectivity index (χ2v) is 5.89. The lowest BCUT2D eigenvalue weighted by molar-refractivity contribution is 0.0947. The van der Waals surface area contributed by atoms with E-state index >= 15 is 0 Å². The fraction of sp³-hybridized carbons (Fsp3) is 0.278. The number of amides is 1. The maximum Gasteiger partial charge on any atom is 0.252 e. The summed E-state index contributed by atoms with van der Waals surface area (Å²) in [5.41, 5.74) is 2.56. The molecule has 2 aromatic carbocycles. The quantitative estimate of drug-likeness (QED) is 0.823. The first kappa shape index (κ1) is 17.2. The zero-order chi connectivity index (χ0) is 16.8. The molecular weight excluding hydrogens is 312 g/mol. The highest BCUT2D eigenvalue weighted by Crippen LogP contribution is 2.22. The Morgan fingerprint density at radius 1 is 1.22 bits per heavy atom. The molecule has 0 aliphatic carbocycles. The number of anilines is 1. The van der Waals surface area contributed by atoms with Crippen LogP contribution in [-0.2, 0) is 0 Å². The lowest BCUT2D eigenvalue weighted by Crippen LogP contribution is -2.28. The highest BCUT2D eigenvalue weighted by atomic mass is 35.5. The Morgan fingerprint density at radius 3 is 2.65 bits per heavy atom. The fourth-order valence-corrected chi connectivity index (χ4v) is 2.36. The Bertz CT molecular complexity index is 686. The number of ether oxygens (including phenoxy) is 1. The maximum atomic E-state index is 12.1. The molecule has 2 aromatic rings. The summed E-state index contributed by atoms with van der Waals surface area (Å²) in [5, 5.41) is 3.25. The van der Waals surface area contributed by atoms with Crippen LogP contribution >= 0.6 is 11.6 Å². The molecule has 0 aliphatic heterocycles. The highest BCUT2D eigenvalue weighted by Gasteiger charge is 2.11. The molecule has 0 saturated carbocycles. The van der Waals surface area contributed by atoms with E-state index in [1.165, 1.54) is 0 Å². The van der Waals surface area contributed by atoms with E-state index in [4.69, 9.17) is 16.3 Å². The molecule has 0 aromatic heterocycles. The third-order valence-corrected chi connectivity index (χ3v) is 3.67. The summed E-state index contributed by atoms with van der Waals surface area (Å²) < 4.78 is 5.60. The van der Waals surface area contributed by atoms with Crippen LogP contribution in [0, 0.1) is 6.92 Å². The number of rotatable bonds is 6. The third-order valence-electron chi connectivity index (χ3n) is 3.36. The van der Waals surface area contributed by atoms with Crippen molar-refractivity contribution in [3.05, 3.63) is 58.6 Å². The van der Waals surface area contributed by atoms with Crippen LogP contribution in [0.15, 0.2) is 42.5 Å². The van der Waals surface area contributed by atoms with Crippen LogP contribution in [0.1, 0.15) is 15.9 Å². The highest BCUT2D eigenvalue weighted by molar-refractivity contribution is 6.34. The number of halogens is 1. The number of nitrogens with zero attached hydrogens (tertiary/aromatic N) is 1. The second kappa shape index (κ2) is 7.88. The van der Waals surface area contributed by atoms with E-state index in [2.05, 4.69) is 5.32 Å². The van der Waals surface area contributed by atoms with Crippen LogP contribution in [0.4, 0.5) is 5.69 Å². The molecule has 122 valence electrons. The largest absolute Gasteiger partial charge is 0.492 e. The van der Waals surface area contributed by atoms with Gasteiger partial charge >= 0.3 is 0 Å². The summed E-state index contributed by atoms with van der Waals surface area (Å²) in [6.07, 6.45) is 0. The number of nitrogens with one attached hydrogen (secondary N) is 1. The summed E-state index contributed by atoms with van der Waals surface area (Å²) in [6.45, 7) is 2.83. The summed E-state index contributed by atoms with van der Waals surface area (Å²) in [4.78, 5) is 14.1. The number of carbonyl (C=O) groups is 1. The summed E-state index contributed by atoms with van der Waals surface area (Å²) >= 11 is 6.18. The first-order valence-electron chi connectivity index (χ1n) is 7.42. The Morgan fingerprint density at radius 2 is 2.00 bits per heavy atom. The smallest absolute Gasteiger partial charge is 0.252 e. The van der Waals surface area contributed by atoms with E-state index in [1.807, 2.05) is 56.3 Å². The summed E-state index contributed by atoms with van der Waals surface area (Å²) in [6, 6.07) is 13.2. The molecule has 0 radical (unpaired) electrons. The van der Waals surface area contributed by atoms with E-state index in [9.17, 15) is 4.79 Å². The molecule has 2 rings (SSSR count). The van der Waals surface area contributed by atoms with Gasteiger partial charge < -0.3 is 15.0 Å². The Balaban J connectivity index is 1.85. The molecule has 0 fully saturated rings. The van der Waals surface area contributed by atoms with Crippen molar-refractivity contribution in [2.24, 2.45) is 0 Å². The van der Waals surface area contributed by atoms with Crippen molar-refractivity contribution in [1.82, 2.24) is 5.32 Å². The fourth-order valence-electron chi connectivity index (χ4n) is 2.10. The van der Waals surface area contributed by atoms with Gasteiger partial charge in [-0.15, -0.1) is 0 Å². The van der Waals surface area contributed by atoms with Crippen LogP contribution in [0.3, 0.4) is 0 Å². The SMILES string of the molecule is Cc1cccc(OCCNC(=O)c2ccc(N(C)C)cc2Cl)c1. The number of benzene rings is 2. The van der Waals surface area contributed by atoms with E-state index in [1.54, 1.807) is 12.1 Å². The van der Waals surface area contributed by atoms with E-state index in [0.717, 1.165) is 17.0 Å². The van der Waals surface area contributed by atoms with Gasteiger partial charge in [-0.3, -0.25) is 4.79 Å². The molecule has 0 spiro atoms. The minimum Gasteiger partial charge on any atom is -0.492 e. The molecule has 0 aliphatic rings. The first-order chi connectivity index (χ1) is 11.0. The van der Waals surface area contributed by atoms with Gasteiger partial charge in [-0.1, -0.05) is 23.7 Å². The van der Waals surface area contributed by atoms with Crippen molar-refractivity contribution in [2.45, 2.75) is 6.92 Å². The number of hydrogen-bond donors (Lipinski definition) is 1. The van der Waals surface area contributed by atoms with Crippen molar-refractivity contribution in [3.63, 3.8) is 0 Å². The summed E-state index contributed by atoms with van der Waals surface area (Å²) in [7, 11) is 3.85. The van der Waals surface area contributed by atoms with Gasteiger partial charge in [0.2, 0.25) is 0 Å². The molecule has 0 saturated heterocycles. The van der Waals surface area contributed by atoms with Gasteiger partial charge in [0.05, 0.1) is 17.1 Å². The predicted molar refractivity (Wildman–Crippen MR) is 94.8 cm³/mol. The Labute approximate surface area is 142 Å². The van der Waals surface area contributed by atoms with Crippen molar-refractivity contribution in [3.8, 4) is 5.75 Å². The van der Waals surface area contributed by atoms with Gasteiger partial charge in [0.15, 0.2) is 0 Å². The third kappa shape index (κ3) is 4.89. The van der Waals surface area contributed by atoms with E-state index in [-0.39, 0.29) is 5.91 Å². The van der Waals surface area contributed by atoms with Crippen molar-refractivity contribution in [1.29, 1.82) is 0 Å². The average Bonchev–Trinajstić information content (AvgIpc) is 2.51. The predicted octanol–water partition coefficient (Wildman–Crippen LogP) is 3.52. The van der Waals surface area contributed by atoms with Crippen LogP contribution in [-0.4, -0.2) is 33.2 Å². The zero-order valence-electron chi connectivity index (χ0n) is 13.6. The van der Waals surface area contributed by atoms with Crippen LogP contribution in [0.5, 0.6) is 5.75 Å².